The fraction of sp³-hybridized carbons (Fsp3) is 0.316. The summed E-state index contributed by atoms with van der Waals surface area (Å²) in [5, 5.41) is 5.73. The number of hydrogen-bond donors (Lipinski definition) is 2. The molecular weight excluding hydrogens is 316 g/mol. The first-order valence-electron chi connectivity index (χ1n) is 8.36. The van der Waals surface area contributed by atoms with E-state index in [2.05, 4.69) is 15.6 Å². The van der Waals surface area contributed by atoms with E-state index in [1.165, 1.54) is 0 Å². The van der Waals surface area contributed by atoms with Crippen LogP contribution in [-0.4, -0.2) is 28.9 Å². The van der Waals surface area contributed by atoms with Crippen LogP contribution in [0.5, 0.6) is 0 Å². The van der Waals surface area contributed by atoms with Gasteiger partial charge in [0, 0.05) is 31.9 Å². The SMILES string of the molecule is CCCC(=O)Nc1cccc(CNC(=O)N(C)Cc2ccccn2)c1. The summed E-state index contributed by atoms with van der Waals surface area (Å²) in [4.78, 5) is 29.6. The van der Waals surface area contributed by atoms with Gasteiger partial charge in [0.2, 0.25) is 5.91 Å². The Hall–Kier alpha value is -2.89. The van der Waals surface area contributed by atoms with Crippen molar-refractivity contribution in [1.82, 2.24) is 15.2 Å². The Labute approximate surface area is 148 Å². The summed E-state index contributed by atoms with van der Waals surface area (Å²) < 4.78 is 0. The van der Waals surface area contributed by atoms with Crippen LogP contribution in [0.2, 0.25) is 0 Å². The molecule has 2 rings (SSSR count). The lowest BCUT2D eigenvalue weighted by atomic mass is 10.2. The largest absolute Gasteiger partial charge is 0.334 e. The van der Waals surface area contributed by atoms with Crippen molar-refractivity contribution in [3.05, 3.63) is 59.9 Å². The van der Waals surface area contributed by atoms with E-state index in [0.29, 0.717) is 19.5 Å². The fourth-order valence-electron chi connectivity index (χ4n) is 2.33. The van der Waals surface area contributed by atoms with Crippen LogP contribution in [0.25, 0.3) is 0 Å². The van der Waals surface area contributed by atoms with Crippen molar-refractivity contribution >= 4 is 17.6 Å². The average molecular weight is 340 g/mol. The molecule has 0 atom stereocenters. The van der Waals surface area contributed by atoms with Gasteiger partial charge in [-0.25, -0.2) is 4.79 Å². The molecule has 25 heavy (non-hydrogen) atoms. The second kappa shape index (κ2) is 9.42. The summed E-state index contributed by atoms with van der Waals surface area (Å²) in [6, 6.07) is 12.9. The van der Waals surface area contributed by atoms with E-state index in [0.717, 1.165) is 23.4 Å². The molecule has 132 valence electrons. The Morgan fingerprint density at radius 1 is 1.16 bits per heavy atom. The first-order chi connectivity index (χ1) is 12.1. The van der Waals surface area contributed by atoms with E-state index in [9.17, 15) is 9.59 Å². The van der Waals surface area contributed by atoms with Crippen molar-refractivity contribution in [3.63, 3.8) is 0 Å². The van der Waals surface area contributed by atoms with Gasteiger partial charge < -0.3 is 15.5 Å². The van der Waals surface area contributed by atoms with Crippen LogP contribution in [0.4, 0.5) is 10.5 Å². The predicted molar refractivity (Wildman–Crippen MR) is 97.9 cm³/mol. The Bertz CT molecular complexity index is 704. The van der Waals surface area contributed by atoms with E-state index < -0.39 is 0 Å². The van der Waals surface area contributed by atoms with Crippen LogP contribution >= 0.6 is 0 Å². The summed E-state index contributed by atoms with van der Waals surface area (Å²) in [5.41, 5.74) is 2.50. The van der Waals surface area contributed by atoms with Gasteiger partial charge in [0.05, 0.1) is 12.2 Å². The summed E-state index contributed by atoms with van der Waals surface area (Å²) in [7, 11) is 1.73. The third-order valence-corrected chi connectivity index (χ3v) is 3.60. The molecule has 0 unspecified atom stereocenters. The van der Waals surface area contributed by atoms with Gasteiger partial charge in [-0.3, -0.25) is 9.78 Å². The van der Waals surface area contributed by atoms with E-state index in [4.69, 9.17) is 0 Å². The van der Waals surface area contributed by atoms with E-state index in [-0.39, 0.29) is 11.9 Å². The number of urea groups is 1. The number of anilines is 1. The minimum atomic E-state index is -0.175. The maximum atomic E-state index is 12.2. The number of carbonyl (C=O) groups is 2. The van der Waals surface area contributed by atoms with Crippen LogP contribution < -0.4 is 10.6 Å². The normalized spacial score (nSPS) is 10.2. The summed E-state index contributed by atoms with van der Waals surface area (Å²) in [6.45, 7) is 2.80. The van der Waals surface area contributed by atoms with Gasteiger partial charge in [0.1, 0.15) is 0 Å². The predicted octanol–water partition coefficient (Wildman–Crippen LogP) is 3.16. The standard InChI is InChI=1S/C19H24N4O2/c1-3-7-18(24)22-16-10-6-8-15(12-16)13-21-19(25)23(2)14-17-9-4-5-11-20-17/h4-6,8-12H,3,7,13-14H2,1-2H3,(H,21,25)(H,22,24). The zero-order valence-electron chi connectivity index (χ0n) is 14.7. The number of aromatic nitrogens is 1. The van der Waals surface area contributed by atoms with E-state index >= 15 is 0 Å². The quantitative estimate of drug-likeness (QED) is 0.813. The molecule has 3 amide bonds. The monoisotopic (exact) mass is 340 g/mol. The molecule has 1 aromatic heterocycles. The molecule has 1 aromatic carbocycles. The van der Waals surface area contributed by atoms with Crippen molar-refractivity contribution < 1.29 is 9.59 Å². The Balaban J connectivity index is 1.85. The minimum Gasteiger partial charge on any atom is -0.334 e. The smallest absolute Gasteiger partial charge is 0.317 e. The maximum Gasteiger partial charge on any atom is 0.317 e. The molecule has 2 N–H and O–H groups in total. The van der Waals surface area contributed by atoms with Crippen molar-refractivity contribution in [1.29, 1.82) is 0 Å². The first-order valence-corrected chi connectivity index (χ1v) is 8.36. The van der Waals surface area contributed by atoms with Gasteiger partial charge in [-0.05, 0) is 36.2 Å². The average Bonchev–Trinajstić information content (AvgIpc) is 2.61. The van der Waals surface area contributed by atoms with Gasteiger partial charge in [0.15, 0.2) is 0 Å². The highest BCUT2D eigenvalue weighted by atomic mass is 16.2. The van der Waals surface area contributed by atoms with Crippen molar-refractivity contribution in [2.45, 2.75) is 32.9 Å². The van der Waals surface area contributed by atoms with Gasteiger partial charge in [-0.15, -0.1) is 0 Å². The molecule has 0 aliphatic carbocycles. The van der Waals surface area contributed by atoms with Gasteiger partial charge in [-0.2, -0.15) is 0 Å². The molecule has 0 fully saturated rings. The summed E-state index contributed by atoms with van der Waals surface area (Å²) in [5.74, 6) is -0.00113. The van der Waals surface area contributed by atoms with Crippen LogP contribution in [0.15, 0.2) is 48.7 Å². The van der Waals surface area contributed by atoms with Crippen molar-refractivity contribution in [3.8, 4) is 0 Å². The Morgan fingerprint density at radius 2 is 2.00 bits per heavy atom. The van der Waals surface area contributed by atoms with Crippen molar-refractivity contribution in [2.75, 3.05) is 12.4 Å². The zero-order valence-corrected chi connectivity index (χ0v) is 14.7. The first kappa shape index (κ1) is 18.4. The molecule has 0 aliphatic rings. The third kappa shape index (κ3) is 6.25. The zero-order chi connectivity index (χ0) is 18.1. The molecule has 2 aromatic rings. The lowest BCUT2D eigenvalue weighted by Gasteiger charge is -2.17. The lowest BCUT2D eigenvalue weighted by Crippen LogP contribution is -2.36. The summed E-state index contributed by atoms with van der Waals surface area (Å²) >= 11 is 0. The number of nitrogens with one attached hydrogen (secondary N) is 2. The molecule has 0 saturated heterocycles. The molecule has 0 bridgehead atoms. The molecular formula is C19H24N4O2. The molecule has 1 heterocycles. The van der Waals surface area contributed by atoms with Crippen LogP contribution in [0.3, 0.4) is 0 Å². The second-order valence-electron chi connectivity index (χ2n) is 5.83. The molecule has 6 heteroatoms. The molecule has 0 aliphatic heterocycles. The number of rotatable bonds is 7. The molecule has 6 nitrogen and oxygen atoms in total. The highest BCUT2D eigenvalue weighted by molar-refractivity contribution is 5.90. The van der Waals surface area contributed by atoms with Gasteiger partial charge in [0.25, 0.3) is 0 Å². The molecule has 0 saturated carbocycles. The third-order valence-electron chi connectivity index (χ3n) is 3.60. The number of carbonyl (C=O) groups excluding carboxylic acids is 2. The maximum absolute atomic E-state index is 12.2. The van der Waals surface area contributed by atoms with Gasteiger partial charge >= 0.3 is 6.03 Å². The van der Waals surface area contributed by atoms with Crippen LogP contribution in [-0.2, 0) is 17.9 Å². The van der Waals surface area contributed by atoms with Gasteiger partial charge in [-0.1, -0.05) is 25.1 Å². The number of nitrogens with zero attached hydrogens (tertiary/aromatic N) is 2. The van der Waals surface area contributed by atoms with Crippen LogP contribution in [0.1, 0.15) is 31.0 Å². The van der Waals surface area contributed by atoms with Crippen LogP contribution in [0, 0.1) is 0 Å². The Morgan fingerprint density at radius 3 is 2.72 bits per heavy atom. The van der Waals surface area contributed by atoms with Crippen molar-refractivity contribution in [2.24, 2.45) is 0 Å². The lowest BCUT2D eigenvalue weighted by molar-refractivity contribution is -0.116. The van der Waals surface area contributed by atoms with E-state index in [1.807, 2.05) is 49.4 Å². The Kier molecular flexibility index (Phi) is 6.95. The van der Waals surface area contributed by atoms with E-state index in [1.54, 1.807) is 18.1 Å². The molecule has 0 radical (unpaired) electrons. The minimum absolute atomic E-state index is 0.00113. The number of pyridine rings is 1. The molecule has 0 spiro atoms. The fourth-order valence-corrected chi connectivity index (χ4v) is 2.33. The highest BCUT2D eigenvalue weighted by Gasteiger charge is 2.09. The number of hydrogen-bond acceptors (Lipinski definition) is 3. The second-order valence-corrected chi connectivity index (χ2v) is 5.83. The summed E-state index contributed by atoms with van der Waals surface area (Å²) in [6.07, 6.45) is 3.02. The topological polar surface area (TPSA) is 74.3 Å². The number of amides is 3. The highest BCUT2D eigenvalue weighted by Crippen LogP contribution is 2.11. The number of benzene rings is 1.